The van der Waals surface area contributed by atoms with Crippen LogP contribution in [0.3, 0.4) is 0 Å². The van der Waals surface area contributed by atoms with Crippen molar-refractivity contribution in [2.24, 2.45) is 7.05 Å². The SMILES string of the molecule is Cn1cc(C(O)c2ccccc2C(F)(F)F)cn1. The predicted octanol–water partition coefficient (Wildman–Crippen LogP) is 2.52. The lowest BCUT2D eigenvalue weighted by molar-refractivity contribution is -0.139. The molecule has 96 valence electrons. The molecular weight excluding hydrogens is 245 g/mol. The van der Waals surface area contributed by atoms with Crippen LogP contribution in [0.5, 0.6) is 0 Å². The van der Waals surface area contributed by atoms with E-state index in [1.54, 1.807) is 7.05 Å². The van der Waals surface area contributed by atoms with E-state index in [2.05, 4.69) is 5.10 Å². The van der Waals surface area contributed by atoms with Gasteiger partial charge in [0.2, 0.25) is 0 Å². The van der Waals surface area contributed by atoms with Crippen LogP contribution in [0.4, 0.5) is 13.2 Å². The second kappa shape index (κ2) is 4.45. The minimum atomic E-state index is -4.49. The van der Waals surface area contributed by atoms with E-state index in [1.807, 2.05) is 0 Å². The number of nitrogens with zero attached hydrogens (tertiary/aromatic N) is 2. The van der Waals surface area contributed by atoms with Gasteiger partial charge in [-0.15, -0.1) is 0 Å². The fraction of sp³-hybridized carbons (Fsp3) is 0.250. The second-order valence-corrected chi connectivity index (χ2v) is 3.93. The maximum atomic E-state index is 12.8. The van der Waals surface area contributed by atoms with Gasteiger partial charge in [0.15, 0.2) is 0 Å². The van der Waals surface area contributed by atoms with Crippen LogP contribution in [0.2, 0.25) is 0 Å². The van der Waals surface area contributed by atoms with E-state index in [4.69, 9.17) is 0 Å². The average Bonchev–Trinajstić information content (AvgIpc) is 2.74. The zero-order valence-corrected chi connectivity index (χ0v) is 9.52. The monoisotopic (exact) mass is 256 g/mol. The Balaban J connectivity index is 2.45. The first-order valence-electron chi connectivity index (χ1n) is 5.22. The third-order valence-corrected chi connectivity index (χ3v) is 2.60. The number of hydrogen-bond donors (Lipinski definition) is 1. The summed E-state index contributed by atoms with van der Waals surface area (Å²) >= 11 is 0. The summed E-state index contributed by atoms with van der Waals surface area (Å²) < 4.78 is 39.8. The van der Waals surface area contributed by atoms with E-state index in [-0.39, 0.29) is 5.56 Å². The van der Waals surface area contributed by atoms with Crippen molar-refractivity contribution in [3.05, 3.63) is 53.3 Å². The van der Waals surface area contributed by atoms with E-state index in [0.717, 1.165) is 6.07 Å². The highest BCUT2D eigenvalue weighted by molar-refractivity contribution is 5.36. The Morgan fingerprint density at radius 1 is 1.28 bits per heavy atom. The van der Waals surface area contributed by atoms with Crippen LogP contribution < -0.4 is 0 Å². The van der Waals surface area contributed by atoms with Gasteiger partial charge in [0, 0.05) is 18.8 Å². The Kier molecular flexibility index (Phi) is 3.13. The molecular formula is C12H11F3N2O. The van der Waals surface area contributed by atoms with Crippen molar-refractivity contribution >= 4 is 0 Å². The number of benzene rings is 1. The maximum Gasteiger partial charge on any atom is 0.416 e. The van der Waals surface area contributed by atoms with Gasteiger partial charge in [-0.25, -0.2) is 0 Å². The van der Waals surface area contributed by atoms with Crippen LogP contribution in [-0.4, -0.2) is 14.9 Å². The molecule has 0 saturated heterocycles. The van der Waals surface area contributed by atoms with Crippen LogP contribution in [-0.2, 0) is 13.2 Å². The predicted molar refractivity (Wildman–Crippen MR) is 58.7 cm³/mol. The zero-order chi connectivity index (χ0) is 13.3. The summed E-state index contributed by atoms with van der Waals surface area (Å²) in [7, 11) is 1.63. The van der Waals surface area contributed by atoms with Gasteiger partial charge in [-0.3, -0.25) is 4.68 Å². The molecule has 0 amide bonds. The summed E-state index contributed by atoms with van der Waals surface area (Å²) in [6, 6.07) is 4.97. The Bertz CT molecular complexity index is 548. The molecule has 1 heterocycles. The molecule has 0 spiro atoms. The zero-order valence-electron chi connectivity index (χ0n) is 9.52. The highest BCUT2D eigenvalue weighted by Crippen LogP contribution is 2.36. The second-order valence-electron chi connectivity index (χ2n) is 3.93. The van der Waals surface area contributed by atoms with Crippen molar-refractivity contribution in [3.63, 3.8) is 0 Å². The first kappa shape index (κ1) is 12.6. The summed E-state index contributed by atoms with van der Waals surface area (Å²) in [6.45, 7) is 0. The molecule has 18 heavy (non-hydrogen) atoms. The molecule has 0 aliphatic rings. The number of aliphatic hydroxyl groups is 1. The third-order valence-electron chi connectivity index (χ3n) is 2.60. The molecule has 1 atom stereocenters. The normalized spacial score (nSPS) is 13.6. The van der Waals surface area contributed by atoms with Crippen LogP contribution in [0, 0.1) is 0 Å². The molecule has 0 saturated carbocycles. The highest BCUT2D eigenvalue weighted by atomic mass is 19.4. The van der Waals surface area contributed by atoms with Crippen LogP contribution in [0.15, 0.2) is 36.7 Å². The molecule has 1 unspecified atom stereocenters. The molecule has 0 fully saturated rings. The first-order valence-corrected chi connectivity index (χ1v) is 5.22. The number of rotatable bonds is 2. The van der Waals surface area contributed by atoms with Gasteiger partial charge in [-0.2, -0.15) is 18.3 Å². The van der Waals surface area contributed by atoms with Gasteiger partial charge in [0.05, 0.1) is 11.8 Å². The van der Waals surface area contributed by atoms with E-state index in [9.17, 15) is 18.3 Å². The van der Waals surface area contributed by atoms with Gasteiger partial charge < -0.3 is 5.11 Å². The van der Waals surface area contributed by atoms with Gasteiger partial charge >= 0.3 is 6.18 Å². The number of aryl methyl sites for hydroxylation is 1. The summed E-state index contributed by atoms with van der Waals surface area (Å²) in [6.07, 6.45) is -2.99. The molecule has 0 radical (unpaired) electrons. The Morgan fingerprint density at radius 3 is 2.50 bits per heavy atom. The average molecular weight is 256 g/mol. The number of alkyl halides is 3. The smallest absolute Gasteiger partial charge is 0.384 e. The molecule has 0 aliphatic heterocycles. The summed E-state index contributed by atoms with van der Waals surface area (Å²) in [4.78, 5) is 0. The maximum absolute atomic E-state index is 12.8. The molecule has 6 heteroatoms. The van der Waals surface area contributed by atoms with Crippen LogP contribution in [0.25, 0.3) is 0 Å². The number of aliphatic hydroxyl groups excluding tert-OH is 1. The van der Waals surface area contributed by atoms with Crippen molar-refractivity contribution in [2.75, 3.05) is 0 Å². The molecule has 3 nitrogen and oxygen atoms in total. The minimum absolute atomic E-state index is 0.169. The van der Waals surface area contributed by atoms with Crippen molar-refractivity contribution in [2.45, 2.75) is 12.3 Å². The van der Waals surface area contributed by atoms with E-state index < -0.39 is 17.8 Å². The molecule has 2 rings (SSSR count). The van der Waals surface area contributed by atoms with Crippen LogP contribution >= 0.6 is 0 Å². The summed E-state index contributed by atoms with van der Waals surface area (Å²) in [5, 5.41) is 13.8. The Hall–Kier alpha value is -1.82. The largest absolute Gasteiger partial charge is 0.416 e. The minimum Gasteiger partial charge on any atom is -0.384 e. The van der Waals surface area contributed by atoms with Crippen molar-refractivity contribution in [1.29, 1.82) is 0 Å². The van der Waals surface area contributed by atoms with E-state index >= 15 is 0 Å². The first-order chi connectivity index (χ1) is 8.39. The number of hydrogen-bond acceptors (Lipinski definition) is 2. The fourth-order valence-electron chi connectivity index (χ4n) is 1.75. The molecule has 0 aliphatic carbocycles. The van der Waals surface area contributed by atoms with Crippen molar-refractivity contribution < 1.29 is 18.3 Å². The molecule has 0 bridgehead atoms. The standard InChI is InChI=1S/C12H11F3N2O/c1-17-7-8(6-16-17)11(18)9-4-2-3-5-10(9)12(13,14)15/h2-7,11,18H,1H3. The lowest BCUT2D eigenvalue weighted by Gasteiger charge is -2.16. The van der Waals surface area contributed by atoms with Gasteiger partial charge in [-0.05, 0) is 11.6 Å². The number of aromatic nitrogens is 2. The van der Waals surface area contributed by atoms with Gasteiger partial charge in [0.1, 0.15) is 6.10 Å². The van der Waals surface area contributed by atoms with Gasteiger partial charge in [0.25, 0.3) is 0 Å². The van der Waals surface area contributed by atoms with Crippen LogP contribution in [0.1, 0.15) is 22.8 Å². The van der Waals surface area contributed by atoms with Gasteiger partial charge in [-0.1, -0.05) is 18.2 Å². The summed E-state index contributed by atoms with van der Waals surface area (Å²) in [5.74, 6) is 0. The molecule has 1 aromatic carbocycles. The topological polar surface area (TPSA) is 38.0 Å². The molecule has 1 N–H and O–H groups in total. The quantitative estimate of drug-likeness (QED) is 0.896. The highest BCUT2D eigenvalue weighted by Gasteiger charge is 2.35. The molecule has 1 aromatic heterocycles. The number of halogens is 3. The Labute approximate surface area is 101 Å². The lowest BCUT2D eigenvalue weighted by atomic mass is 9.98. The lowest BCUT2D eigenvalue weighted by Crippen LogP contribution is -2.12. The summed E-state index contributed by atoms with van der Waals surface area (Å²) in [5.41, 5.74) is -0.673. The third kappa shape index (κ3) is 2.38. The van der Waals surface area contributed by atoms with E-state index in [1.165, 1.54) is 35.3 Å². The fourth-order valence-corrected chi connectivity index (χ4v) is 1.75. The molecule has 2 aromatic rings. The van der Waals surface area contributed by atoms with Crippen molar-refractivity contribution in [1.82, 2.24) is 9.78 Å². The Morgan fingerprint density at radius 2 is 1.94 bits per heavy atom. The van der Waals surface area contributed by atoms with E-state index in [0.29, 0.717) is 5.56 Å². The van der Waals surface area contributed by atoms with Crippen molar-refractivity contribution in [3.8, 4) is 0 Å².